The summed E-state index contributed by atoms with van der Waals surface area (Å²) in [6, 6.07) is 27.5. The molecule has 8 heteroatoms. The largest absolute Gasteiger partial charge is 0.481 e. The fourth-order valence-electron chi connectivity index (χ4n) is 5.93. The molecule has 0 aliphatic heterocycles. The van der Waals surface area contributed by atoms with Crippen molar-refractivity contribution in [3.8, 4) is 0 Å². The predicted molar refractivity (Wildman–Crippen MR) is 177 cm³/mol. The number of para-hydroxylation sites is 1. The van der Waals surface area contributed by atoms with Crippen LogP contribution in [0.5, 0.6) is 0 Å². The van der Waals surface area contributed by atoms with Gasteiger partial charge in [-0.2, -0.15) is 0 Å². The van der Waals surface area contributed by atoms with Crippen LogP contribution in [0.2, 0.25) is 0 Å². The van der Waals surface area contributed by atoms with Crippen molar-refractivity contribution in [3.05, 3.63) is 107 Å². The zero-order valence-electron chi connectivity index (χ0n) is 26.5. The molecule has 8 nitrogen and oxygen atoms in total. The molecule has 0 radical (unpaired) electrons. The Morgan fingerprint density at radius 2 is 1.52 bits per heavy atom. The quantitative estimate of drug-likeness (QED) is 0.143. The molecule has 0 saturated heterocycles. The number of aromatic amines is 1. The average molecular weight is 598 g/mol. The first-order valence-corrected chi connectivity index (χ1v) is 15.6. The lowest BCUT2D eigenvalue weighted by molar-refractivity contribution is -0.140. The molecule has 0 saturated carbocycles. The van der Waals surface area contributed by atoms with Crippen LogP contribution in [-0.2, 0) is 29.0 Å². The van der Waals surface area contributed by atoms with Crippen LogP contribution in [0.1, 0.15) is 48.1 Å². The summed E-state index contributed by atoms with van der Waals surface area (Å²) in [6.07, 6.45) is 2.64. The minimum Gasteiger partial charge on any atom is -0.481 e. The maximum Gasteiger partial charge on any atom is 0.311 e. The number of nitrogens with zero attached hydrogens (tertiary/aromatic N) is 3. The van der Waals surface area contributed by atoms with Gasteiger partial charge in [-0.1, -0.05) is 85.8 Å². The Labute approximate surface area is 261 Å². The average Bonchev–Trinajstić information content (AvgIpc) is 3.38. The van der Waals surface area contributed by atoms with E-state index in [1.54, 1.807) is 4.90 Å². The van der Waals surface area contributed by atoms with Crippen LogP contribution in [0.4, 0.5) is 0 Å². The number of hydrogen-bond acceptors (Lipinski definition) is 5. The fourth-order valence-corrected chi connectivity index (χ4v) is 5.93. The molecule has 0 spiro atoms. The van der Waals surface area contributed by atoms with E-state index < -0.39 is 17.9 Å². The third-order valence-electron chi connectivity index (χ3n) is 8.17. The number of H-pyrrole nitrogens is 1. The maximum atomic E-state index is 13.9. The van der Waals surface area contributed by atoms with E-state index in [1.165, 1.54) is 0 Å². The van der Waals surface area contributed by atoms with Crippen LogP contribution in [0.15, 0.2) is 84.9 Å². The van der Waals surface area contributed by atoms with Crippen molar-refractivity contribution in [1.82, 2.24) is 25.2 Å². The first-order chi connectivity index (χ1) is 21.3. The molecule has 3 N–H and O–H groups in total. The van der Waals surface area contributed by atoms with Crippen LogP contribution < -0.4 is 5.43 Å². The van der Waals surface area contributed by atoms with E-state index in [1.807, 2.05) is 118 Å². The number of aryl methyl sites for hydroxylation is 1. The van der Waals surface area contributed by atoms with Crippen molar-refractivity contribution in [2.24, 2.45) is 0 Å². The number of carboxylic acid groups (broad SMARTS) is 1. The van der Waals surface area contributed by atoms with Gasteiger partial charge in [0.15, 0.2) is 0 Å². The number of aliphatic carboxylic acids is 1. The SMILES string of the molecule is CCN(NCC[C@H](C(=O)O)c1c(CCCN(C)C)[nH]c2ccccc12)[C@@H](Cc1ccccc1)C(=O)N(C)Cc1ccccc1. The molecule has 1 heterocycles. The van der Waals surface area contributed by atoms with E-state index in [0.717, 1.165) is 52.7 Å². The summed E-state index contributed by atoms with van der Waals surface area (Å²) in [5, 5.41) is 13.4. The first-order valence-electron chi connectivity index (χ1n) is 15.6. The summed E-state index contributed by atoms with van der Waals surface area (Å²) in [5.74, 6) is -1.51. The standard InChI is InChI=1S/C36H47N5O3/c1-5-41(33(25-27-15-8-6-9-16-27)35(42)40(4)26-28-17-10-7-11-18-28)37-23-22-30(36(43)44)34-29-19-12-13-20-31(29)38-32(34)21-14-24-39(2)3/h6-13,15-20,30,33,37-38H,5,14,21-26H2,1-4H3,(H,43,44)/t30-,33-/m0/s1. The lowest BCUT2D eigenvalue weighted by Crippen LogP contribution is -2.54. The van der Waals surface area contributed by atoms with Gasteiger partial charge in [-0.05, 0) is 69.1 Å². The van der Waals surface area contributed by atoms with E-state index in [4.69, 9.17) is 0 Å². The Bertz CT molecular complexity index is 1470. The Balaban J connectivity index is 1.53. The summed E-state index contributed by atoms with van der Waals surface area (Å²) < 4.78 is 0. The van der Waals surface area contributed by atoms with Crippen molar-refractivity contribution in [2.45, 2.75) is 51.1 Å². The number of carbonyl (C=O) groups is 2. The molecule has 1 amide bonds. The maximum absolute atomic E-state index is 13.9. The van der Waals surface area contributed by atoms with E-state index in [-0.39, 0.29) is 5.91 Å². The highest BCUT2D eigenvalue weighted by Crippen LogP contribution is 2.32. The zero-order chi connectivity index (χ0) is 31.5. The molecule has 0 unspecified atom stereocenters. The highest BCUT2D eigenvalue weighted by atomic mass is 16.4. The second-order valence-corrected chi connectivity index (χ2v) is 11.7. The first kappa shape index (κ1) is 32.9. The van der Waals surface area contributed by atoms with Gasteiger partial charge >= 0.3 is 5.97 Å². The zero-order valence-corrected chi connectivity index (χ0v) is 26.5. The van der Waals surface area contributed by atoms with Gasteiger partial charge in [0, 0.05) is 43.3 Å². The molecule has 0 aliphatic carbocycles. The summed E-state index contributed by atoms with van der Waals surface area (Å²) in [4.78, 5) is 34.1. The number of likely N-dealkylation sites (N-methyl/N-ethyl adjacent to an activating group) is 2. The molecular formula is C36H47N5O3. The van der Waals surface area contributed by atoms with Crippen LogP contribution in [0.25, 0.3) is 10.9 Å². The molecular weight excluding hydrogens is 550 g/mol. The summed E-state index contributed by atoms with van der Waals surface area (Å²) >= 11 is 0. The van der Waals surface area contributed by atoms with Gasteiger partial charge in [0.05, 0.1) is 5.92 Å². The second-order valence-electron chi connectivity index (χ2n) is 11.7. The highest BCUT2D eigenvalue weighted by molar-refractivity contribution is 5.90. The number of carbonyl (C=O) groups excluding carboxylic acids is 1. The Hall–Kier alpha value is -3.98. The molecule has 44 heavy (non-hydrogen) atoms. The Morgan fingerprint density at radius 3 is 2.16 bits per heavy atom. The number of hydrazine groups is 1. The molecule has 4 aromatic rings. The molecule has 2 atom stereocenters. The number of rotatable bonds is 17. The molecule has 0 bridgehead atoms. The van der Waals surface area contributed by atoms with Crippen LogP contribution in [0, 0.1) is 0 Å². The Kier molecular flexibility index (Phi) is 12.1. The van der Waals surface area contributed by atoms with E-state index >= 15 is 0 Å². The van der Waals surface area contributed by atoms with Gasteiger partial charge in [-0.3, -0.25) is 15.0 Å². The van der Waals surface area contributed by atoms with Gasteiger partial charge in [0.25, 0.3) is 0 Å². The molecule has 234 valence electrons. The lowest BCUT2D eigenvalue weighted by atomic mass is 9.91. The van der Waals surface area contributed by atoms with Crippen molar-refractivity contribution in [3.63, 3.8) is 0 Å². The summed E-state index contributed by atoms with van der Waals surface area (Å²) in [5.41, 5.74) is 8.44. The number of amides is 1. The summed E-state index contributed by atoms with van der Waals surface area (Å²) in [6.45, 7) is 4.47. The second kappa shape index (κ2) is 16.2. The van der Waals surface area contributed by atoms with Gasteiger partial charge in [0.1, 0.15) is 6.04 Å². The van der Waals surface area contributed by atoms with E-state index in [9.17, 15) is 14.7 Å². The van der Waals surface area contributed by atoms with Crippen molar-refractivity contribution in [2.75, 3.05) is 40.8 Å². The number of nitrogens with one attached hydrogen (secondary N) is 2. The smallest absolute Gasteiger partial charge is 0.311 e. The number of benzene rings is 3. The van der Waals surface area contributed by atoms with Gasteiger partial charge < -0.3 is 19.9 Å². The van der Waals surface area contributed by atoms with Crippen LogP contribution in [-0.4, -0.2) is 83.6 Å². The van der Waals surface area contributed by atoms with Crippen molar-refractivity contribution in [1.29, 1.82) is 0 Å². The van der Waals surface area contributed by atoms with Crippen LogP contribution >= 0.6 is 0 Å². The van der Waals surface area contributed by atoms with Crippen molar-refractivity contribution < 1.29 is 14.7 Å². The third-order valence-corrected chi connectivity index (χ3v) is 8.17. The minimum atomic E-state index is -0.840. The van der Waals surface area contributed by atoms with Crippen LogP contribution in [0.3, 0.4) is 0 Å². The van der Waals surface area contributed by atoms with E-state index in [0.29, 0.717) is 32.5 Å². The molecule has 4 rings (SSSR count). The summed E-state index contributed by atoms with van der Waals surface area (Å²) in [7, 11) is 5.94. The van der Waals surface area contributed by atoms with Gasteiger partial charge in [-0.25, -0.2) is 5.01 Å². The fraction of sp³-hybridized carbons (Fsp3) is 0.389. The number of carboxylic acids is 1. The van der Waals surface area contributed by atoms with E-state index in [2.05, 4.69) is 15.3 Å². The van der Waals surface area contributed by atoms with Gasteiger partial charge in [0.2, 0.25) is 5.91 Å². The molecule has 1 aromatic heterocycles. The molecule has 3 aromatic carbocycles. The predicted octanol–water partition coefficient (Wildman–Crippen LogP) is 5.32. The third kappa shape index (κ3) is 8.78. The monoisotopic (exact) mass is 597 g/mol. The highest BCUT2D eigenvalue weighted by Gasteiger charge is 2.30. The number of aromatic nitrogens is 1. The molecule has 0 aliphatic rings. The Morgan fingerprint density at radius 1 is 0.886 bits per heavy atom. The lowest BCUT2D eigenvalue weighted by Gasteiger charge is -2.33. The normalized spacial score (nSPS) is 13.0. The van der Waals surface area contributed by atoms with Gasteiger partial charge in [-0.15, -0.1) is 0 Å². The topological polar surface area (TPSA) is 91.9 Å². The number of fused-ring (bicyclic) bond motifs is 1. The van der Waals surface area contributed by atoms with Crippen molar-refractivity contribution >= 4 is 22.8 Å². The number of hydrogen-bond donors (Lipinski definition) is 3. The minimum absolute atomic E-state index is 0.0154. The molecule has 0 fully saturated rings.